The van der Waals surface area contributed by atoms with Crippen LogP contribution in [0.2, 0.25) is 0 Å². The van der Waals surface area contributed by atoms with E-state index in [0.717, 1.165) is 40.3 Å². The average Bonchev–Trinajstić information content (AvgIpc) is 3.18. The molecule has 2 aromatic heterocycles. The molecule has 0 atom stereocenters. The zero-order valence-corrected chi connectivity index (χ0v) is 16.5. The number of nitrogens with zero attached hydrogens (tertiary/aromatic N) is 2. The fraction of sp³-hybridized carbons (Fsp3) is 0.111. The van der Waals surface area contributed by atoms with E-state index in [2.05, 4.69) is 95.8 Å². The van der Waals surface area contributed by atoms with Gasteiger partial charge in [0.05, 0.1) is 11.0 Å². The lowest BCUT2D eigenvalue weighted by Gasteiger charge is -2.03. The van der Waals surface area contributed by atoms with Gasteiger partial charge >= 0.3 is 0 Å². The van der Waals surface area contributed by atoms with Crippen molar-refractivity contribution in [1.29, 1.82) is 0 Å². The van der Waals surface area contributed by atoms with Gasteiger partial charge in [0.15, 0.2) is 0 Å². The number of aryl methyl sites for hydroxylation is 1. The molecule has 0 N–H and O–H groups in total. The van der Waals surface area contributed by atoms with Gasteiger partial charge in [-0.15, -0.1) is 0 Å². The lowest BCUT2D eigenvalue weighted by Crippen LogP contribution is -1.89. The first-order valence-corrected chi connectivity index (χ1v) is 10.1. The fourth-order valence-electron chi connectivity index (χ4n) is 4.04. The van der Waals surface area contributed by atoms with Gasteiger partial charge in [-0.2, -0.15) is 0 Å². The Hall–Kier alpha value is -3.52. The van der Waals surface area contributed by atoms with Crippen LogP contribution in [0.4, 0.5) is 0 Å². The highest BCUT2D eigenvalue weighted by Gasteiger charge is 2.15. The lowest BCUT2D eigenvalue weighted by molar-refractivity contribution is 1.06. The minimum atomic E-state index is 0.958. The van der Waals surface area contributed by atoms with Crippen LogP contribution in [-0.4, -0.2) is 9.97 Å². The topological polar surface area (TPSA) is 25.8 Å². The maximum Gasteiger partial charge on any atom is 0.0967 e. The molecule has 0 spiro atoms. The van der Waals surface area contributed by atoms with Gasteiger partial charge in [0.2, 0.25) is 0 Å². The Kier molecular flexibility index (Phi) is 4.53. The van der Waals surface area contributed by atoms with Gasteiger partial charge in [-0.1, -0.05) is 79.7 Å². The van der Waals surface area contributed by atoms with Crippen molar-refractivity contribution in [1.82, 2.24) is 9.97 Å². The van der Waals surface area contributed by atoms with Gasteiger partial charge in [-0.05, 0) is 47.2 Å². The molecule has 140 valence electrons. The molecule has 0 amide bonds. The van der Waals surface area contributed by atoms with Gasteiger partial charge in [-0.3, -0.25) is 9.97 Å². The molecule has 0 radical (unpaired) electrons. The molecular formula is C27H22N2. The third kappa shape index (κ3) is 3.27. The second kappa shape index (κ2) is 7.48. The van der Waals surface area contributed by atoms with E-state index in [1.54, 1.807) is 0 Å². The smallest absolute Gasteiger partial charge is 0.0967 e. The molecule has 0 saturated heterocycles. The van der Waals surface area contributed by atoms with E-state index in [1.165, 1.54) is 22.3 Å². The maximum absolute atomic E-state index is 4.66. The van der Waals surface area contributed by atoms with Crippen LogP contribution >= 0.6 is 0 Å². The summed E-state index contributed by atoms with van der Waals surface area (Å²) in [4.78, 5) is 9.08. The second-order valence-corrected chi connectivity index (χ2v) is 7.36. The molecule has 3 aromatic carbocycles. The van der Waals surface area contributed by atoms with Crippen molar-refractivity contribution in [2.24, 2.45) is 0 Å². The molecule has 2 nitrogen and oxygen atoms in total. The van der Waals surface area contributed by atoms with Gasteiger partial charge in [0.25, 0.3) is 0 Å². The highest BCUT2D eigenvalue weighted by atomic mass is 14.7. The molecule has 0 unspecified atom stereocenters. The summed E-state index contributed by atoms with van der Waals surface area (Å²) in [6.45, 7) is 2.12. The molecule has 29 heavy (non-hydrogen) atoms. The Morgan fingerprint density at radius 3 is 1.97 bits per heavy atom. The standard InChI is InChI=1S/C14H12N2.C13H10/c1-2-12-8-7-11-6-5-10-4-3-9-15-13(10)14(11)16-12;1-3-7-12-10(5-1)9-11-6-2-4-8-13(11)12/h3-9H,2H2,1H3;1-8H,9H2. The molecule has 0 bridgehead atoms. The highest BCUT2D eigenvalue weighted by Crippen LogP contribution is 2.35. The summed E-state index contributed by atoms with van der Waals surface area (Å²) < 4.78 is 0. The van der Waals surface area contributed by atoms with E-state index in [1.807, 2.05) is 12.3 Å². The van der Waals surface area contributed by atoms with Crippen LogP contribution in [0, 0.1) is 0 Å². The third-order valence-corrected chi connectivity index (χ3v) is 5.56. The predicted octanol–water partition coefficient (Wildman–Crippen LogP) is 6.60. The van der Waals surface area contributed by atoms with E-state index < -0.39 is 0 Å². The zero-order chi connectivity index (χ0) is 19.6. The van der Waals surface area contributed by atoms with E-state index in [-0.39, 0.29) is 0 Å². The number of hydrogen-bond donors (Lipinski definition) is 0. The molecule has 1 aliphatic rings. The number of benzene rings is 3. The van der Waals surface area contributed by atoms with Crippen molar-refractivity contribution >= 4 is 21.8 Å². The summed E-state index contributed by atoms with van der Waals surface area (Å²) in [7, 11) is 0. The molecule has 2 heterocycles. The molecular weight excluding hydrogens is 352 g/mol. The molecule has 6 rings (SSSR count). The van der Waals surface area contributed by atoms with Gasteiger partial charge < -0.3 is 0 Å². The Morgan fingerprint density at radius 1 is 0.655 bits per heavy atom. The van der Waals surface area contributed by atoms with Crippen molar-refractivity contribution in [3.8, 4) is 11.1 Å². The van der Waals surface area contributed by atoms with Crippen molar-refractivity contribution in [2.45, 2.75) is 19.8 Å². The Balaban J connectivity index is 0.000000128. The number of pyridine rings is 2. The minimum absolute atomic E-state index is 0.958. The average molecular weight is 374 g/mol. The summed E-state index contributed by atoms with van der Waals surface area (Å²) in [5.41, 5.74) is 8.88. The van der Waals surface area contributed by atoms with Crippen LogP contribution in [-0.2, 0) is 12.8 Å². The van der Waals surface area contributed by atoms with E-state index in [9.17, 15) is 0 Å². The normalized spacial score (nSPS) is 11.6. The van der Waals surface area contributed by atoms with Crippen LogP contribution in [0.15, 0.2) is 91.1 Å². The Labute approximate surface area is 170 Å². The summed E-state index contributed by atoms with van der Waals surface area (Å²) in [5, 5.41) is 2.30. The van der Waals surface area contributed by atoms with Gasteiger partial charge in [0, 0.05) is 22.7 Å². The quantitative estimate of drug-likeness (QED) is 0.303. The summed E-state index contributed by atoms with van der Waals surface area (Å²) in [6, 6.07) is 29.7. The first-order chi connectivity index (χ1) is 14.3. The maximum atomic E-state index is 4.66. The van der Waals surface area contributed by atoms with E-state index in [0.29, 0.717) is 0 Å². The lowest BCUT2D eigenvalue weighted by atomic mass is 10.1. The fourth-order valence-corrected chi connectivity index (χ4v) is 4.04. The van der Waals surface area contributed by atoms with E-state index >= 15 is 0 Å². The number of rotatable bonds is 1. The number of hydrogen-bond acceptors (Lipinski definition) is 2. The van der Waals surface area contributed by atoms with Crippen molar-refractivity contribution < 1.29 is 0 Å². The summed E-state index contributed by atoms with van der Waals surface area (Å²) in [6.07, 6.45) is 3.88. The van der Waals surface area contributed by atoms with Crippen molar-refractivity contribution in [3.63, 3.8) is 0 Å². The third-order valence-electron chi connectivity index (χ3n) is 5.56. The Morgan fingerprint density at radius 2 is 1.28 bits per heavy atom. The second-order valence-electron chi connectivity index (χ2n) is 7.36. The highest BCUT2D eigenvalue weighted by molar-refractivity contribution is 6.02. The first kappa shape index (κ1) is 17.6. The van der Waals surface area contributed by atoms with Crippen molar-refractivity contribution in [3.05, 3.63) is 108 Å². The molecule has 0 aliphatic heterocycles. The van der Waals surface area contributed by atoms with Crippen LogP contribution in [0.5, 0.6) is 0 Å². The van der Waals surface area contributed by atoms with Crippen LogP contribution < -0.4 is 0 Å². The number of fused-ring (bicyclic) bond motifs is 6. The molecule has 1 aliphatic carbocycles. The summed E-state index contributed by atoms with van der Waals surface area (Å²) in [5.74, 6) is 0. The largest absolute Gasteiger partial charge is 0.254 e. The predicted molar refractivity (Wildman–Crippen MR) is 121 cm³/mol. The molecule has 5 aromatic rings. The minimum Gasteiger partial charge on any atom is -0.254 e. The number of aromatic nitrogens is 2. The first-order valence-electron chi connectivity index (χ1n) is 10.1. The zero-order valence-electron chi connectivity index (χ0n) is 16.5. The molecule has 0 saturated carbocycles. The monoisotopic (exact) mass is 374 g/mol. The van der Waals surface area contributed by atoms with Gasteiger partial charge in [0.1, 0.15) is 0 Å². The van der Waals surface area contributed by atoms with Crippen LogP contribution in [0.25, 0.3) is 32.9 Å². The van der Waals surface area contributed by atoms with Crippen molar-refractivity contribution in [2.75, 3.05) is 0 Å². The van der Waals surface area contributed by atoms with E-state index in [4.69, 9.17) is 0 Å². The molecule has 2 heteroatoms. The van der Waals surface area contributed by atoms with Gasteiger partial charge in [-0.25, -0.2) is 0 Å². The van der Waals surface area contributed by atoms with Crippen LogP contribution in [0.1, 0.15) is 23.7 Å². The van der Waals surface area contributed by atoms with Crippen LogP contribution in [0.3, 0.4) is 0 Å². The molecule has 0 fully saturated rings. The Bertz CT molecular complexity index is 1280. The SMILES string of the molecule is CCc1ccc2ccc3cccnc3c2n1.c1ccc2c(c1)Cc1ccccc1-2. The summed E-state index contributed by atoms with van der Waals surface area (Å²) >= 11 is 0.